The lowest BCUT2D eigenvalue weighted by Gasteiger charge is -2.31. The summed E-state index contributed by atoms with van der Waals surface area (Å²) in [6.45, 7) is 0.998. The number of aliphatic imine (C=N–C) groups is 1. The van der Waals surface area contributed by atoms with Crippen molar-refractivity contribution in [3.8, 4) is 11.5 Å². The molecule has 2 aliphatic heterocycles. The normalized spacial score (nSPS) is 16.9. The average molecular weight is 1410 g/mol. The number of aromatic amines is 1. The molecule has 35 nitrogen and oxygen atoms in total. The van der Waals surface area contributed by atoms with Gasteiger partial charge in [-0.3, -0.25) is 62.5 Å². The van der Waals surface area contributed by atoms with Crippen LogP contribution in [0.25, 0.3) is 10.9 Å². The number of hydrogen-bond donors (Lipinski definition) is 19. The Kier molecular flexibility index (Phi) is 29.6. The number of guanidine groups is 1. The molecule has 23 N–H and O–H groups in total. The number of aromatic hydroxyl groups is 2. The molecule has 0 saturated carbocycles. The van der Waals surface area contributed by atoms with Crippen LogP contribution in [0.1, 0.15) is 94.7 Å². The minimum atomic E-state index is -1.83. The van der Waals surface area contributed by atoms with E-state index in [0.717, 1.165) is 26.3 Å². The van der Waals surface area contributed by atoms with Crippen molar-refractivity contribution < 1.29 is 93.0 Å². The average Bonchev–Trinajstić information content (AvgIpc) is 1.71. The molecule has 0 aliphatic carbocycles. The highest BCUT2D eigenvalue weighted by Crippen LogP contribution is 2.24. The standard InChI is InChI=1S/C66H90N16O19/c1-34(2)26-48(65(100)101)78-59(94)46(30-53(68)87)76-57(92)44(21-22-54(88)89)74-61(96)51-11-6-24-81(51)63(98)47(28-36-15-19-39(86)20-16-36)77-60(95)49(32-83)79-62(97)52-12-7-25-82(52)64(99)50(33-84)80-56(91)43(10-5-23-71-66(69)70)73-58(93)45(27-35-13-17-38(85)18-14-35)75-55(90)41(67)29-37-31-72-42-9-4-3-8-40(37)42/h3-4,8-9,13-20,31,34,41,43-52,72,83-86H,5-7,10-12,21-30,32-33,67H2,1-2H3,(H2,68,87)(H,73,93)(H,74,96)(H,75,90)(H,76,92)(H,77,95)(H,78,94)(H,79,97)(H,80,91)(H,88,89)(H,100,101)(H4,69,70,71)/t41-,43-,44-,45-,46-,47-,48-,49-,50-,51-,52-/m0/s1. The molecule has 11 atom stereocenters. The molecule has 11 amide bonds. The van der Waals surface area contributed by atoms with E-state index in [2.05, 4.69) is 52.5 Å². The van der Waals surface area contributed by atoms with Crippen molar-refractivity contribution >= 4 is 93.8 Å². The third-order valence-corrected chi connectivity index (χ3v) is 17.0. The molecule has 4 aromatic rings. The Labute approximate surface area is 579 Å². The lowest BCUT2D eigenvalue weighted by Crippen LogP contribution is -2.61. The number of H-pyrrole nitrogens is 1. The fourth-order valence-electron chi connectivity index (χ4n) is 11.7. The largest absolute Gasteiger partial charge is 0.508 e. The van der Waals surface area contributed by atoms with Crippen molar-refractivity contribution in [1.29, 1.82) is 0 Å². The van der Waals surface area contributed by atoms with Crippen LogP contribution in [0.5, 0.6) is 11.5 Å². The summed E-state index contributed by atoms with van der Waals surface area (Å²) in [6.07, 6.45) is -0.680. The number of carboxylic acid groups (broad SMARTS) is 2. The molecule has 6 rings (SSSR count). The fourth-order valence-corrected chi connectivity index (χ4v) is 11.7. The summed E-state index contributed by atoms with van der Waals surface area (Å²) >= 11 is 0. The zero-order valence-corrected chi connectivity index (χ0v) is 55.8. The minimum absolute atomic E-state index is 0.0247. The van der Waals surface area contributed by atoms with Gasteiger partial charge in [-0.05, 0) is 111 Å². The van der Waals surface area contributed by atoms with Crippen LogP contribution in [-0.2, 0) is 81.6 Å². The number of para-hydroxylation sites is 1. The van der Waals surface area contributed by atoms with Crippen molar-refractivity contribution in [2.24, 2.45) is 33.8 Å². The summed E-state index contributed by atoms with van der Waals surface area (Å²) in [5, 5.41) is 81.2. The van der Waals surface area contributed by atoms with Crippen molar-refractivity contribution in [3.63, 3.8) is 0 Å². The molecule has 548 valence electrons. The van der Waals surface area contributed by atoms with E-state index in [4.69, 9.17) is 22.9 Å². The second-order valence-electron chi connectivity index (χ2n) is 25.2. The molecule has 2 fully saturated rings. The van der Waals surface area contributed by atoms with E-state index in [0.29, 0.717) is 11.1 Å². The Morgan fingerprint density at radius 3 is 1.55 bits per heavy atom. The van der Waals surface area contributed by atoms with E-state index in [1.807, 2.05) is 24.3 Å². The monoisotopic (exact) mass is 1410 g/mol. The third-order valence-electron chi connectivity index (χ3n) is 17.0. The summed E-state index contributed by atoms with van der Waals surface area (Å²) in [7, 11) is 0. The first-order valence-electron chi connectivity index (χ1n) is 32.9. The lowest BCUT2D eigenvalue weighted by atomic mass is 10.0. The summed E-state index contributed by atoms with van der Waals surface area (Å²) in [6, 6.07) is 1.60. The topological polar surface area (TPSA) is 578 Å². The number of carboxylic acids is 2. The number of aliphatic hydroxyl groups is 2. The number of primary amides is 1. The van der Waals surface area contributed by atoms with Gasteiger partial charge in [-0.25, -0.2) is 4.79 Å². The number of hydrogen-bond acceptors (Lipinski definition) is 19. The van der Waals surface area contributed by atoms with E-state index >= 15 is 0 Å². The van der Waals surface area contributed by atoms with Crippen molar-refractivity contribution in [3.05, 3.63) is 95.7 Å². The van der Waals surface area contributed by atoms with Crippen LogP contribution >= 0.6 is 0 Å². The second-order valence-corrected chi connectivity index (χ2v) is 25.2. The first-order chi connectivity index (χ1) is 48.0. The zero-order valence-electron chi connectivity index (χ0n) is 55.8. The van der Waals surface area contributed by atoms with Gasteiger partial charge in [0.25, 0.3) is 0 Å². The number of aliphatic carboxylic acids is 2. The Bertz CT molecular complexity index is 3640. The Morgan fingerprint density at radius 2 is 1.02 bits per heavy atom. The van der Waals surface area contributed by atoms with Gasteiger partial charge in [0.2, 0.25) is 65.0 Å². The van der Waals surface area contributed by atoms with Crippen LogP contribution in [-0.4, -0.2) is 228 Å². The summed E-state index contributed by atoms with van der Waals surface area (Å²) in [5.41, 5.74) is 25.2. The molecule has 0 spiro atoms. The van der Waals surface area contributed by atoms with Crippen LogP contribution in [0, 0.1) is 5.92 Å². The number of carbonyl (C=O) groups excluding carboxylic acids is 11. The first-order valence-corrected chi connectivity index (χ1v) is 32.9. The van der Waals surface area contributed by atoms with Gasteiger partial charge in [0.05, 0.1) is 25.7 Å². The number of phenolic OH excluding ortho intramolecular Hbond substituents is 2. The van der Waals surface area contributed by atoms with Gasteiger partial charge in [-0.2, -0.15) is 0 Å². The van der Waals surface area contributed by atoms with E-state index in [9.17, 15) is 93.0 Å². The molecule has 35 heteroatoms. The zero-order chi connectivity index (χ0) is 74.2. The minimum Gasteiger partial charge on any atom is -0.508 e. The number of nitrogens with two attached hydrogens (primary N) is 4. The van der Waals surface area contributed by atoms with E-state index in [1.54, 1.807) is 20.0 Å². The number of carbonyl (C=O) groups is 13. The Balaban J connectivity index is 1.15. The van der Waals surface area contributed by atoms with Gasteiger partial charge in [0.15, 0.2) is 5.96 Å². The smallest absolute Gasteiger partial charge is 0.326 e. The molecule has 2 saturated heterocycles. The molecule has 3 heterocycles. The van der Waals surface area contributed by atoms with Crippen LogP contribution < -0.4 is 65.5 Å². The van der Waals surface area contributed by atoms with Crippen LogP contribution in [0.15, 0.2) is 84.0 Å². The molecule has 0 radical (unpaired) electrons. The number of fused-ring (bicyclic) bond motifs is 1. The van der Waals surface area contributed by atoms with Crippen molar-refractivity contribution in [2.75, 3.05) is 32.8 Å². The summed E-state index contributed by atoms with van der Waals surface area (Å²) < 4.78 is 0. The van der Waals surface area contributed by atoms with E-state index in [1.165, 1.54) is 48.5 Å². The van der Waals surface area contributed by atoms with Crippen LogP contribution in [0.2, 0.25) is 0 Å². The molecule has 0 unspecified atom stereocenters. The van der Waals surface area contributed by atoms with Gasteiger partial charge in [0.1, 0.15) is 71.9 Å². The van der Waals surface area contributed by atoms with E-state index in [-0.39, 0.29) is 107 Å². The molecule has 3 aromatic carbocycles. The lowest BCUT2D eigenvalue weighted by molar-refractivity contribution is -0.144. The highest BCUT2D eigenvalue weighted by atomic mass is 16.4. The number of aromatic nitrogens is 1. The fraction of sp³-hybridized carbons (Fsp3) is 0.485. The SMILES string of the molecule is CC(C)C[C@H](NC(=O)[C@H](CC(N)=O)NC(=O)[C@H](CCC(=O)O)NC(=O)[C@@H]1CCCN1C(=O)[C@H](Cc1ccc(O)cc1)NC(=O)[C@H](CO)NC(=O)[C@@H]1CCCN1C(=O)[C@H](CO)NC(=O)[C@H](CCCN=C(N)N)NC(=O)[C@H](Cc1ccc(O)cc1)NC(=O)[C@@H](N)Cc1c[nH]c2ccccc12)C(=O)O. The number of rotatable bonds is 38. The second kappa shape index (κ2) is 37.9. The Hall–Kier alpha value is -10.9. The predicted octanol–water partition coefficient (Wildman–Crippen LogP) is -4.30. The number of amides is 11. The molecule has 1 aromatic heterocycles. The number of benzene rings is 3. The summed E-state index contributed by atoms with van der Waals surface area (Å²) in [4.78, 5) is 187. The van der Waals surface area contributed by atoms with Crippen molar-refractivity contribution in [2.45, 2.75) is 164 Å². The van der Waals surface area contributed by atoms with Gasteiger partial charge in [-0.15, -0.1) is 0 Å². The Morgan fingerprint density at radius 1 is 0.554 bits per heavy atom. The van der Waals surface area contributed by atoms with Gasteiger partial charge >= 0.3 is 11.9 Å². The number of nitrogens with one attached hydrogen (secondary N) is 9. The van der Waals surface area contributed by atoms with Gasteiger partial charge in [-0.1, -0.05) is 56.3 Å². The molecule has 0 bridgehead atoms. The molecular weight excluding hydrogens is 1320 g/mol. The maximum absolute atomic E-state index is 14.8. The predicted molar refractivity (Wildman–Crippen MR) is 360 cm³/mol. The molecular formula is C66H90N16O19. The number of likely N-dealkylation sites (tertiary alicyclic amines) is 2. The molecule has 101 heavy (non-hydrogen) atoms. The third kappa shape index (κ3) is 23.6. The number of nitrogens with zero attached hydrogens (tertiary/aromatic N) is 3. The van der Waals surface area contributed by atoms with Crippen molar-refractivity contribution in [1.82, 2.24) is 57.3 Å². The maximum Gasteiger partial charge on any atom is 0.326 e. The highest BCUT2D eigenvalue weighted by Gasteiger charge is 2.43. The highest BCUT2D eigenvalue weighted by molar-refractivity contribution is 6.00. The maximum atomic E-state index is 14.8. The van der Waals surface area contributed by atoms with Crippen LogP contribution in [0.4, 0.5) is 0 Å². The van der Waals surface area contributed by atoms with Gasteiger partial charge in [0, 0.05) is 56.0 Å². The quantitative estimate of drug-likeness (QED) is 0.0115. The number of aliphatic hydroxyl groups excluding tert-OH is 2. The molecule has 2 aliphatic rings. The van der Waals surface area contributed by atoms with E-state index < -0.39 is 176 Å². The summed E-state index contributed by atoms with van der Waals surface area (Å²) in [5.74, 6) is -14.5. The number of phenols is 2. The van der Waals surface area contributed by atoms with Crippen LogP contribution in [0.3, 0.4) is 0 Å². The first kappa shape index (κ1) is 79.0. The van der Waals surface area contributed by atoms with Gasteiger partial charge < -0.3 is 111 Å².